The third kappa shape index (κ3) is 9.51. The number of anilines is 1. The molecule has 0 radical (unpaired) electrons. The Morgan fingerprint density at radius 1 is 0.881 bits per heavy atom. The number of benzene rings is 4. The van der Waals surface area contributed by atoms with Gasteiger partial charge in [-0.3, -0.25) is 19.2 Å². The summed E-state index contributed by atoms with van der Waals surface area (Å²) in [5.74, 6) is -1.58. The van der Waals surface area contributed by atoms with Crippen LogP contribution in [0.15, 0.2) is 132 Å². The number of nitrogens with one attached hydrogen (secondary N) is 2. The lowest BCUT2D eigenvalue weighted by Gasteiger charge is -2.54. The zero-order chi connectivity index (χ0) is 41.2. The van der Waals surface area contributed by atoms with Gasteiger partial charge in [0, 0.05) is 23.4 Å². The van der Waals surface area contributed by atoms with E-state index in [2.05, 4.69) is 20.8 Å². The molecule has 1 aromatic heterocycles. The van der Waals surface area contributed by atoms with E-state index in [9.17, 15) is 24.0 Å². The summed E-state index contributed by atoms with van der Waals surface area (Å²) in [6, 6.07) is 36.5. The third-order valence-corrected chi connectivity index (χ3v) is 12.9. The van der Waals surface area contributed by atoms with E-state index in [1.54, 1.807) is 4.90 Å². The van der Waals surface area contributed by atoms with Gasteiger partial charge in [-0.2, -0.15) is 11.8 Å². The van der Waals surface area contributed by atoms with Crippen LogP contribution in [0.4, 0.5) is 5.13 Å². The highest BCUT2D eigenvalue weighted by Crippen LogP contribution is 2.45. The maximum Gasteiger partial charge on any atom is 0.347 e. The summed E-state index contributed by atoms with van der Waals surface area (Å²) < 4.78 is 12.1. The summed E-state index contributed by atoms with van der Waals surface area (Å²) in [6.07, 6.45) is 0.984. The third-order valence-electron chi connectivity index (χ3n) is 9.65. The first kappa shape index (κ1) is 41.2. The second kappa shape index (κ2) is 19.2. The smallest absolute Gasteiger partial charge is 0.347 e. The van der Waals surface area contributed by atoms with Gasteiger partial charge in [0.2, 0.25) is 18.9 Å². The summed E-state index contributed by atoms with van der Waals surface area (Å²) in [7, 11) is 0. The quantitative estimate of drug-likeness (QED) is 0.0379. The number of oxime groups is 1. The highest BCUT2D eigenvalue weighted by molar-refractivity contribution is 8.00. The number of aromatic nitrogens is 1. The molecule has 3 heterocycles. The Bertz CT molecular complexity index is 2200. The van der Waals surface area contributed by atoms with Crippen LogP contribution in [-0.2, 0) is 38.3 Å². The number of hydrogen-bond acceptors (Lipinski definition) is 13. The first-order valence-electron chi connectivity index (χ1n) is 18.5. The van der Waals surface area contributed by atoms with E-state index in [1.165, 1.54) is 28.9 Å². The van der Waals surface area contributed by atoms with E-state index in [0.717, 1.165) is 33.6 Å². The van der Waals surface area contributed by atoms with E-state index < -0.39 is 53.5 Å². The standard InChI is InChI=1S/C43H39N5O8S3/c1-57-25-43(41(53)56-37(30-18-10-4-11-19-30)31-20-12-5-13-21-31)24-48-39(52)35(40(48)59-26-43)46-38(51)34(32-23-58-42(45-32)44-27-49)47-54-22-33(50)55-36(28-14-6-2-7-15-28)29-16-8-3-9-17-29/h2-21,23,27,35-37,40H,22,24-26H2,1H3,(H,46,51)(H,44,45,49)/t35?,40-,43?/m1/s1. The Morgan fingerprint density at radius 2 is 1.42 bits per heavy atom. The molecule has 2 N–H and O–H groups in total. The van der Waals surface area contributed by atoms with Gasteiger partial charge in [0.15, 0.2) is 23.1 Å². The van der Waals surface area contributed by atoms with Gasteiger partial charge in [0.05, 0.1) is 0 Å². The molecule has 0 saturated carbocycles. The normalized spacial score (nSPS) is 18.7. The molecule has 3 atom stereocenters. The van der Waals surface area contributed by atoms with Crippen molar-refractivity contribution in [1.29, 1.82) is 0 Å². The number of nitrogens with zero attached hydrogens (tertiary/aromatic N) is 3. The number of β-lactam (4-membered cyclic amide) rings is 1. The average Bonchev–Trinajstić information content (AvgIpc) is 3.74. The largest absolute Gasteiger partial charge is 0.452 e. The van der Waals surface area contributed by atoms with Gasteiger partial charge in [0.25, 0.3) is 5.91 Å². The van der Waals surface area contributed by atoms with E-state index in [-0.39, 0.29) is 29.0 Å². The van der Waals surface area contributed by atoms with Crippen LogP contribution in [0.5, 0.6) is 0 Å². The fourth-order valence-corrected chi connectivity index (χ4v) is 9.99. The molecule has 13 nitrogen and oxygen atoms in total. The first-order chi connectivity index (χ1) is 28.8. The van der Waals surface area contributed by atoms with Crippen LogP contribution < -0.4 is 10.6 Å². The highest BCUT2D eigenvalue weighted by Gasteiger charge is 2.58. The zero-order valence-corrected chi connectivity index (χ0v) is 34.1. The van der Waals surface area contributed by atoms with Gasteiger partial charge >= 0.3 is 11.9 Å². The molecule has 5 aromatic rings. The van der Waals surface area contributed by atoms with Crippen molar-refractivity contribution in [2.75, 3.05) is 36.2 Å². The van der Waals surface area contributed by atoms with Crippen LogP contribution in [0.25, 0.3) is 0 Å². The molecular formula is C43H39N5O8S3. The maximum atomic E-state index is 14.2. The predicted molar refractivity (Wildman–Crippen MR) is 227 cm³/mol. The van der Waals surface area contributed by atoms with Gasteiger partial charge in [-0.15, -0.1) is 23.1 Å². The molecule has 2 saturated heterocycles. The van der Waals surface area contributed by atoms with Gasteiger partial charge < -0.3 is 29.8 Å². The Morgan fingerprint density at radius 3 is 1.95 bits per heavy atom. The van der Waals surface area contributed by atoms with Crippen LogP contribution in [-0.4, -0.2) is 88.1 Å². The summed E-state index contributed by atoms with van der Waals surface area (Å²) in [5, 5.41) is 10.4. The number of ether oxygens (including phenoxy) is 2. The second-order valence-corrected chi connectivity index (χ2v) is 16.5. The molecular weight excluding hydrogens is 811 g/mol. The van der Waals surface area contributed by atoms with E-state index in [0.29, 0.717) is 17.9 Å². The van der Waals surface area contributed by atoms with E-state index in [4.69, 9.17) is 14.3 Å². The van der Waals surface area contributed by atoms with Gasteiger partial charge in [-0.05, 0) is 28.5 Å². The molecule has 7 rings (SSSR count). The van der Waals surface area contributed by atoms with Crippen molar-refractivity contribution < 1.29 is 38.3 Å². The lowest BCUT2D eigenvalue weighted by atomic mass is 9.88. The fourth-order valence-electron chi connectivity index (χ4n) is 6.80. The monoisotopic (exact) mass is 849 g/mol. The number of hydrogen-bond donors (Lipinski definition) is 2. The van der Waals surface area contributed by atoms with Crippen LogP contribution in [0.1, 0.15) is 40.2 Å². The van der Waals surface area contributed by atoms with Crippen LogP contribution in [0.3, 0.4) is 0 Å². The SMILES string of the molecule is CSCC1(C(=O)OC(c2ccccc2)c2ccccc2)CS[C@@H]2C(NC(=O)C(=NOCC(=O)OC(c3ccccc3)c3ccccc3)c3csc(NC=O)n3)C(=O)N2C1. The minimum Gasteiger partial charge on any atom is -0.452 e. The van der Waals surface area contributed by atoms with Crippen LogP contribution >= 0.6 is 34.9 Å². The van der Waals surface area contributed by atoms with Crippen molar-refractivity contribution >= 4 is 75.9 Å². The van der Waals surface area contributed by atoms with Gasteiger partial charge in [-0.25, -0.2) is 9.78 Å². The Labute approximate surface area is 352 Å². The summed E-state index contributed by atoms with van der Waals surface area (Å²) >= 11 is 3.92. The number of fused-ring (bicyclic) bond motifs is 1. The first-order valence-corrected chi connectivity index (χ1v) is 21.8. The number of thioether (sulfide) groups is 2. The minimum absolute atomic E-state index is 0.0460. The zero-order valence-electron chi connectivity index (χ0n) is 31.7. The molecule has 4 aromatic carbocycles. The van der Waals surface area contributed by atoms with Crippen molar-refractivity contribution in [3.8, 4) is 0 Å². The van der Waals surface area contributed by atoms with E-state index in [1.807, 2.05) is 128 Å². The molecule has 0 spiro atoms. The van der Waals surface area contributed by atoms with E-state index >= 15 is 0 Å². The number of carbonyl (C=O) groups is 5. The number of esters is 2. The molecule has 59 heavy (non-hydrogen) atoms. The number of rotatable bonds is 17. The van der Waals surface area contributed by atoms with Gasteiger partial charge in [0.1, 0.15) is 22.5 Å². The Hall–Kier alpha value is -5.97. The second-order valence-electron chi connectivity index (χ2n) is 13.6. The Balaban J connectivity index is 1.04. The minimum atomic E-state index is -1.01. The van der Waals surface area contributed by atoms with Crippen molar-refractivity contribution in [2.24, 2.45) is 10.6 Å². The summed E-state index contributed by atoms with van der Waals surface area (Å²) in [6.45, 7) is -0.536. The molecule has 0 aliphatic carbocycles. The van der Waals surface area contributed by atoms with Crippen molar-refractivity contribution in [1.82, 2.24) is 15.2 Å². The lowest BCUT2D eigenvalue weighted by Crippen LogP contribution is -2.74. The highest BCUT2D eigenvalue weighted by atomic mass is 32.2. The van der Waals surface area contributed by atoms with Crippen LogP contribution in [0.2, 0.25) is 0 Å². The predicted octanol–water partition coefficient (Wildman–Crippen LogP) is 5.85. The number of amides is 3. The number of carbonyl (C=O) groups excluding carboxylic acids is 5. The van der Waals surface area contributed by atoms with Crippen molar-refractivity contribution in [2.45, 2.75) is 23.6 Å². The molecule has 302 valence electrons. The lowest BCUT2D eigenvalue weighted by molar-refractivity contribution is -0.164. The number of thiazole rings is 1. The molecule has 16 heteroatoms. The summed E-state index contributed by atoms with van der Waals surface area (Å²) in [4.78, 5) is 77.2. The summed E-state index contributed by atoms with van der Waals surface area (Å²) in [5.41, 5.74) is 1.86. The molecule has 0 bridgehead atoms. The molecule has 2 aliphatic rings. The van der Waals surface area contributed by atoms with Crippen molar-refractivity contribution in [3.63, 3.8) is 0 Å². The topological polar surface area (TPSA) is 166 Å². The van der Waals surface area contributed by atoms with Crippen molar-refractivity contribution in [3.05, 3.63) is 155 Å². The Kier molecular flexibility index (Phi) is 13.4. The molecule has 3 amide bonds. The molecule has 2 fully saturated rings. The van der Waals surface area contributed by atoms with Crippen LogP contribution in [0, 0.1) is 5.41 Å². The average molecular weight is 850 g/mol. The molecule has 2 unspecified atom stereocenters. The van der Waals surface area contributed by atoms with Gasteiger partial charge in [-0.1, -0.05) is 126 Å². The maximum absolute atomic E-state index is 14.2. The fraction of sp³-hybridized carbons (Fsp3) is 0.233. The molecule has 2 aliphatic heterocycles.